The Morgan fingerprint density at radius 3 is 2.02 bits per heavy atom. The Kier molecular flexibility index (Phi) is 18.7. The van der Waals surface area contributed by atoms with Crippen LogP contribution in [-0.2, 0) is 17.8 Å². The highest BCUT2D eigenvalue weighted by Gasteiger charge is 2.10. The zero-order chi connectivity index (χ0) is 27.4. The van der Waals surface area contributed by atoms with Crippen LogP contribution in [0.4, 0.5) is 5.69 Å². The summed E-state index contributed by atoms with van der Waals surface area (Å²) in [6, 6.07) is 16.1. The molecule has 1 heterocycles. The maximum absolute atomic E-state index is 12.7. The molecule has 222 valence electrons. The number of amides is 1. The lowest BCUT2D eigenvalue weighted by Gasteiger charge is -2.15. The molecule has 1 aliphatic rings. The standard InChI is InChI=1S/C34H50N2O2S.BrH/c1-2-3-4-5-6-7-8-9-10-11-12-13-14-17-25-38-33-19-16-15-18-31(33)27-34(37)35-32-22-20-30(21-23-32)28-36-24-26-39-29-36;/h15-16,18-24,26H,2-14,17,25,27-29H2,1H3,(H,35,37);1H. The Balaban J connectivity index is 0.00000560. The van der Waals surface area contributed by atoms with Crippen LogP contribution in [0.15, 0.2) is 60.1 Å². The smallest absolute Gasteiger partial charge is 0.228 e. The van der Waals surface area contributed by atoms with Gasteiger partial charge in [-0.2, -0.15) is 0 Å². The molecule has 6 heteroatoms. The number of thioether (sulfide) groups is 1. The molecule has 4 nitrogen and oxygen atoms in total. The number of rotatable bonds is 21. The molecule has 1 amide bonds. The van der Waals surface area contributed by atoms with Gasteiger partial charge in [0, 0.05) is 24.0 Å². The number of carbonyl (C=O) groups is 1. The summed E-state index contributed by atoms with van der Waals surface area (Å²) in [5.74, 6) is 1.81. The molecule has 0 bridgehead atoms. The first kappa shape index (κ1) is 34.3. The van der Waals surface area contributed by atoms with Crippen LogP contribution >= 0.6 is 28.7 Å². The van der Waals surface area contributed by atoms with E-state index < -0.39 is 0 Å². The van der Waals surface area contributed by atoms with Crippen LogP contribution in [0, 0.1) is 0 Å². The molecule has 2 aromatic rings. The Morgan fingerprint density at radius 1 is 0.825 bits per heavy atom. The van der Waals surface area contributed by atoms with Crippen LogP contribution in [0.1, 0.15) is 108 Å². The molecular weight excluding hydrogens is 580 g/mol. The van der Waals surface area contributed by atoms with E-state index in [1.807, 2.05) is 48.2 Å². The third-order valence-electron chi connectivity index (χ3n) is 7.31. The molecule has 0 unspecified atom stereocenters. The minimum Gasteiger partial charge on any atom is -0.493 e. The fraction of sp³-hybridized carbons (Fsp3) is 0.559. The second kappa shape index (κ2) is 21.8. The fourth-order valence-corrected chi connectivity index (χ4v) is 5.70. The molecule has 0 radical (unpaired) electrons. The first-order valence-corrected chi connectivity index (χ1v) is 16.4. The highest BCUT2D eigenvalue weighted by molar-refractivity contribution is 8.93. The first-order chi connectivity index (χ1) is 19.2. The number of nitrogens with zero attached hydrogens (tertiary/aromatic N) is 1. The molecular formula is C34H51BrN2O2S. The Hall–Kier alpha value is -1.92. The normalized spacial score (nSPS) is 12.4. The van der Waals surface area contributed by atoms with Gasteiger partial charge in [0.2, 0.25) is 5.91 Å². The van der Waals surface area contributed by atoms with Crippen molar-refractivity contribution in [3.05, 3.63) is 71.3 Å². The van der Waals surface area contributed by atoms with Gasteiger partial charge >= 0.3 is 0 Å². The van der Waals surface area contributed by atoms with Crippen molar-refractivity contribution in [2.75, 3.05) is 17.8 Å². The number of carbonyl (C=O) groups excluding carboxylic acids is 1. The summed E-state index contributed by atoms with van der Waals surface area (Å²) in [6.45, 7) is 3.88. The number of benzene rings is 2. The molecule has 0 fully saturated rings. The second-order valence-corrected chi connectivity index (χ2v) is 11.7. The maximum Gasteiger partial charge on any atom is 0.228 e. The molecule has 40 heavy (non-hydrogen) atoms. The third-order valence-corrected chi connectivity index (χ3v) is 8.11. The summed E-state index contributed by atoms with van der Waals surface area (Å²) < 4.78 is 6.08. The molecule has 0 spiro atoms. The molecule has 0 aliphatic carbocycles. The zero-order valence-corrected chi connectivity index (χ0v) is 27.1. The average Bonchev–Trinajstić information content (AvgIpc) is 3.46. The number of para-hydroxylation sites is 1. The van der Waals surface area contributed by atoms with Gasteiger partial charge in [-0.25, -0.2) is 0 Å². The predicted molar refractivity (Wildman–Crippen MR) is 178 cm³/mol. The van der Waals surface area contributed by atoms with E-state index in [4.69, 9.17) is 4.74 Å². The average molecular weight is 632 g/mol. The van der Waals surface area contributed by atoms with Crippen molar-refractivity contribution in [3.8, 4) is 5.75 Å². The van der Waals surface area contributed by atoms with E-state index in [9.17, 15) is 4.79 Å². The van der Waals surface area contributed by atoms with Crippen LogP contribution in [-0.4, -0.2) is 23.3 Å². The van der Waals surface area contributed by atoms with Crippen LogP contribution in [0.2, 0.25) is 0 Å². The van der Waals surface area contributed by atoms with Crippen molar-refractivity contribution in [1.29, 1.82) is 0 Å². The lowest BCUT2D eigenvalue weighted by atomic mass is 10.0. The first-order valence-electron chi connectivity index (χ1n) is 15.4. The molecule has 3 rings (SSSR count). The molecule has 1 aliphatic heterocycles. The highest BCUT2D eigenvalue weighted by Crippen LogP contribution is 2.22. The van der Waals surface area contributed by atoms with Crippen LogP contribution in [0.5, 0.6) is 5.75 Å². The van der Waals surface area contributed by atoms with Gasteiger partial charge in [0.1, 0.15) is 5.75 Å². The Bertz CT molecular complexity index is 967. The summed E-state index contributed by atoms with van der Waals surface area (Å²) in [7, 11) is 0. The van der Waals surface area contributed by atoms with Crippen LogP contribution < -0.4 is 10.1 Å². The zero-order valence-electron chi connectivity index (χ0n) is 24.6. The van der Waals surface area contributed by atoms with E-state index in [-0.39, 0.29) is 22.9 Å². The number of ether oxygens (including phenoxy) is 1. The summed E-state index contributed by atoms with van der Waals surface area (Å²) in [5, 5.41) is 5.16. The van der Waals surface area contributed by atoms with Crippen LogP contribution in [0.25, 0.3) is 0 Å². The van der Waals surface area contributed by atoms with E-state index in [2.05, 4.69) is 40.9 Å². The van der Waals surface area contributed by atoms with Crippen molar-refractivity contribution in [3.63, 3.8) is 0 Å². The SMILES string of the molecule is Br.CCCCCCCCCCCCCCCCOc1ccccc1CC(=O)Nc1ccc(CN2C=CSC2)cc1. The van der Waals surface area contributed by atoms with Gasteiger partial charge in [0.05, 0.1) is 18.9 Å². The van der Waals surface area contributed by atoms with Gasteiger partial charge in [0.25, 0.3) is 0 Å². The number of anilines is 1. The number of hydrogen-bond donors (Lipinski definition) is 1. The summed E-state index contributed by atoms with van der Waals surface area (Å²) >= 11 is 1.81. The Morgan fingerprint density at radius 2 is 1.43 bits per heavy atom. The van der Waals surface area contributed by atoms with Crippen LogP contribution in [0.3, 0.4) is 0 Å². The monoisotopic (exact) mass is 630 g/mol. The quantitative estimate of drug-likeness (QED) is 0.139. The van der Waals surface area contributed by atoms with E-state index in [0.717, 1.165) is 35.8 Å². The lowest BCUT2D eigenvalue weighted by Crippen LogP contribution is -2.15. The molecule has 0 aromatic heterocycles. The Labute approximate surface area is 258 Å². The van der Waals surface area contributed by atoms with E-state index >= 15 is 0 Å². The lowest BCUT2D eigenvalue weighted by molar-refractivity contribution is -0.115. The largest absolute Gasteiger partial charge is 0.493 e. The summed E-state index contributed by atoms with van der Waals surface area (Å²) in [6.07, 6.45) is 21.4. The minimum absolute atomic E-state index is 0. The number of hydrogen-bond acceptors (Lipinski definition) is 4. The van der Waals surface area contributed by atoms with Gasteiger partial charge in [-0.1, -0.05) is 121 Å². The summed E-state index contributed by atoms with van der Waals surface area (Å²) in [4.78, 5) is 15.0. The minimum atomic E-state index is -0.0193. The maximum atomic E-state index is 12.7. The fourth-order valence-electron chi connectivity index (χ4n) is 4.98. The van der Waals surface area contributed by atoms with Gasteiger partial charge in [-0.3, -0.25) is 4.79 Å². The van der Waals surface area contributed by atoms with E-state index in [1.54, 1.807) is 0 Å². The van der Waals surface area contributed by atoms with Crippen molar-refractivity contribution in [2.24, 2.45) is 0 Å². The third kappa shape index (κ3) is 14.6. The van der Waals surface area contributed by atoms with Gasteiger partial charge in [0.15, 0.2) is 0 Å². The second-order valence-electron chi connectivity index (χ2n) is 10.8. The van der Waals surface area contributed by atoms with Gasteiger partial charge < -0.3 is 15.0 Å². The summed E-state index contributed by atoms with van der Waals surface area (Å²) in [5.41, 5.74) is 3.01. The number of halogens is 1. The predicted octanol–water partition coefficient (Wildman–Crippen LogP) is 10.3. The molecule has 0 saturated heterocycles. The molecule has 0 atom stereocenters. The van der Waals surface area contributed by atoms with Crippen molar-refractivity contribution < 1.29 is 9.53 Å². The van der Waals surface area contributed by atoms with E-state index in [0.29, 0.717) is 13.0 Å². The van der Waals surface area contributed by atoms with Crippen molar-refractivity contribution in [1.82, 2.24) is 4.90 Å². The molecule has 2 aromatic carbocycles. The van der Waals surface area contributed by atoms with Gasteiger partial charge in [-0.15, -0.1) is 28.7 Å². The molecule has 0 saturated carbocycles. The van der Waals surface area contributed by atoms with Gasteiger partial charge in [-0.05, 0) is 35.6 Å². The molecule has 1 N–H and O–H groups in total. The number of nitrogens with one attached hydrogen (secondary N) is 1. The number of unbranched alkanes of at least 4 members (excludes halogenated alkanes) is 13. The topological polar surface area (TPSA) is 41.6 Å². The highest BCUT2D eigenvalue weighted by atomic mass is 79.9. The van der Waals surface area contributed by atoms with Crippen molar-refractivity contribution in [2.45, 2.75) is 110 Å². The van der Waals surface area contributed by atoms with Crippen molar-refractivity contribution >= 4 is 40.3 Å². The van der Waals surface area contributed by atoms with E-state index in [1.165, 1.54) is 89.0 Å².